The highest BCUT2D eigenvalue weighted by atomic mass is 32.2. The molecule has 4 aromatic heterocycles. The molecule has 0 atom stereocenters. The summed E-state index contributed by atoms with van der Waals surface area (Å²) >= 11 is 0.561. The summed E-state index contributed by atoms with van der Waals surface area (Å²) in [5, 5.41) is 8.19. The number of amides is 1. The van der Waals surface area contributed by atoms with Crippen molar-refractivity contribution in [2.45, 2.75) is 25.0 Å². The fraction of sp³-hybridized carbons (Fsp3) is 0.227. The molecule has 0 bridgehead atoms. The van der Waals surface area contributed by atoms with E-state index in [1.807, 2.05) is 6.92 Å². The van der Waals surface area contributed by atoms with Gasteiger partial charge in [-0.1, -0.05) is 0 Å². The lowest BCUT2D eigenvalue weighted by atomic mass is 10.1. The van der Waals surface area contributed by atoms with E-state index in [1.54, 1.807) is 19.9 Å². The van der Waals surface area contributed by atoms with Crippen LogP contribution in [-0.2, 0) is 17.1 Å². The standard InChI is InChI=1S/C22H22FN5O5S2/c1-5-25-19(29)14-7-12-13(9-28(4)21(30)16(12)27-14)18-17(15(23)22(34-18)35(24,31)32)33-20-11(3)6-10(2)8-26-20/h6-9,27H,5H2,1-4H3,(H,25,29)(H2,24,31,32). The summed E-state index contributed by atoms with van der Waals surface area (Å²) in [6.07, 6.45) is 2.95. The van der Waals surface area contributed by atoms with E-state index in [2.05, 4.69) is 15.3 Å². The molecule has 184 valence electrons. The number of fused-ring (bicyclic) bond motifs is 1. The van der Waals surface area contributed by atoms with E-state index in [9.17, 15) is 18.0 Å². The van der Waals surface area contributed by atoms with Gasteiger partial charge in [0.2, 0.25) is 5.88 Å². The minimum absolute atomic E-state index is 0.0651. The van der Waals surface area contributed by atoms with E-state index in [0.29, 0.717) is 23.4 Å². The van der Waals surface area contributed by atoms with Crippen LogP contribution in [0.2, 0.25) is 0 Å². The number of hydrogen-bond donors (Lipinski definition) is 3. The molecule has 4 rings (SSSR count). The van der Waals surface area contributed by atoms with E-state index in [4.69, 9.17) is 9.88 Å². The van der Waals surface area contributed by atoms with Gasteiger partial charge in [-0.3, -0.25) is 9.59 Å². The van der Waals surface area contributed by atoms with E-state index >= 15 is 4.39 Å². The van der Waals surface area contributed by atoms with Crippen LogP contribution in [0.25, 0.3) is 21.3 Å². The Morgan fingerprint density at radius 1 is 1.34 bits per heavy atom. The first-order valence-electron chi connectivity index (χ1n) is 10.4. The predicted octanol–water partition coefficient (Wildman–Crippen LogP) is 2.94. The molecule has 4 N–H and O–H groups in total. The van der Waals surface area contributed by atoms with Gasteiger partial charge >= 0.3 is 0 Å². The SMILES string of the molecule is CCNC(=O)c1cc2c(-c3sc(S(N)(=O)=O)c(F)c3Oc3ncc(C)cc3C)cn(C)c(=O)c2[nH]1. The van der Waals surface area contributed by atoms with Crippen molar-refractivity contribution in [1.29, 1.82) is 0 Å². The number of hydrogen-bond acceptors (Lipinski definition) is 7. The molecule has 35 heavy (non-hydrogen) atoms. The van der Waals surface area contributed by atoms with Crippen LogP contribution in [0.5, 0.6) is 11.6 Å². The number of thiophene rings is 1. The van der Waals surface area contributed by atoms with Crippen LogP contribution < -0.4 is 20.8 Å². The van der Waals surface area contributed by atoms with Crippen LogP contribution in [0, 0.1) is 19.7 Å². The van der Waals surface area contributed by atoms with Gasteiger partial charge in [0.05, 0.1) is 4.88 Å². The van der Waals surface area contributed by atoms with Crippen molar-refractivity contribution in [2.75, 3.05) is 6.54 Å². The number of nitrogens with one attached hydrogen (secondary N) is 2. The molecule has 0 radical (unpaired) electrons. The van der Waals surface area contributed by atoms with E-state index in [1.165, 1.54) is 30.1 Å². The molecular formula is C22H22FN5O5S2. The number of sulfonamides is 1. The number of H-pyrrole nitrogens is 1. The Labute approximate surface area is 203 Å². The lowest BCUT2D eigenvalue weighted by molar-refractivity contribution is 0.0951. The molecule has 0 aliphatic carbocycles. The third-order valence-corrected chi connectivity index (χ3v) is 7.81. The van der Waals surface area contributed by atoms with Gasteiger partial charge < -0.3 is 19.6 Å². The number of pyridine rings is 2. The van der Waals surface area contributed by atoms with Gasteiger partial charge in [0, 0.05) is 42.5 Å². The normalized spacial score (nSPS) is 11.7. The second kappa shape index (κ2) is 8.91. The second-order valence-corrected chi connectivity index (χ2v) is 10.7. The average molecular weight is 520 g/mol. The highest BCUT2D eigenvalue weighted by Crippen LogP contribution is 2.46. The third-order valence-electron chi connectivity index (χ3n) is 5.20. The van der Waals surface area contributed by atoms with E-state index < -0.39 is 37.3 Å². The Bertz CT molecular complexity index is 1650. The summed E-state index contributed by atoms with van der Waals surface area (Å²) in [6.45, 7) is 5.67. The number of nitrogens with zero attached hydrogens (tertiary/aromatic N) is 2. The topological polar surface area (TPSA) is 149 Å². The van der Waals surface area contributed by atoms with Crippen molar-refractivity contribution in [3.05, 3.63) is 57.5 Å². The van der Waals surface area contributed by atoms with E-state index in [0.717, 1.165) is 5.56 Å². The smallest absolute Gasteiger partial charge is 0.274 e. The van der Waals surface area contributed by atoms with Crippen LogP contribution in [0.3, 0.4) is 0 Å². The number of halogens is 1. The summed E-state index contributed by atoms with van der Waals surface area (Å²) in [5.41, 5.74) is 1.51. The number of nitrogens with two attached hydrogens (primary N) is 1. The highest BCUT2D eigenvalue weighted by Gasteiger charge is 2.30. The molecule has 0 saturated carbocycles. The molecule has 0 unspecified atom stereocenters. The maximum Gasteiger partial charge on any atom is 0.274 e. The monoisotopic (exact) mass is 519 g/mol. The Balaban J connectivity index is 2.02. The largest absolute Gasteiger partial charge is 0.434 e. The lowest BCUT2D eigenvalue weighted by Crippen LogP contribution is -2.23. The number of carbonyl (C=O) groups excluding carboxylic acids is 1. The van der Waals surface area contributed by atoms with Gasteiger partial charge in [-0.2, -0.15) is 0 Å². The summed E-state index contributed by atoms with van der Waals surface area (Å²) in [4.78, 5) is 32.2. The molecule has 1 amide bonds. The summed E-state index contributed by atoms with van der Waals surface area (Å²) in [5.74, 6) is -1.93. The summed E-state index contributed by atoms with van der Waals surface area (Å²) in [7, 11) is -2.96. The van der Waals surface area contributed by atoms with Crippen LogP contribution in [0.4, 0.5) is 4.39 Å². The van der Waals surface area contributed by atoms with Crippen molar-refractivity contribution >= 4 is 38.2 Å². The highest BCUT2D eigenvalue weighted by molar-refractivity contribution is 7.91. The van der Waals surface area contributed by atoms with Crippen molar-refractivity contribution in [2.24, 2.45) is 12.2 Å². The van der Waals surface area contributed by atoms with Gasteiger partial charge in [0.15, 0.2) is 15.8 Å². The van der Waals surface area contributed by atoms with Crippen LogP contribution in [0.15, 0.2) is 33.5 Å². The number of aryl methyl sites for hydroxylation is 3. The van der Waals surface area contributed by atoms with Crippen molar-refractivity contribution in [3.8, 4) is 22.1 Å². The molecule has 0 aromatic carbocycles. The number of carbonyl (C=O) groups is 1. The first-order chi connectivity index (χ1) is 16.4. The predicted molar refractivity (Wildman–Crippen MR) is 130 cm³/mol. The second-order valence-electron chi connectivity index (χ2n) is 7.93. The van der Waals surface area contributed by atoms with Gasteiger partial charge in [-0.15, -0.1) is 11.3 Å². The van der Waals surface area contributed by atoms with Crippen LogP contribution in [0.1, 0.15) is 28.5 Å². The Morgan fingerprint density at radius 3 is 2.69 bits per heavy atom. The first kappa shape index (κ1) is 24.6. The Morgan fingerprint density at radius 2 is 2.06 bits per heavy atom. The molecule has 4 heterocycles. The fourth-order valence-corrected chi connectivity index (χ4v) is 5.55. The molecule has 13 heteroatoms. The van der Waals surface area contributed by atoms with Gasteiger partial charge in [-0.25, -0.2) is 22.9 Å². The van der Waals surface area contributed by atoms with Crippen LogP contribution in [-0.4, -0.2) is 35.4 Å². The number of aromatic amines is 1. The van der Waals surface area contributed by atoms with E-state index in [-0.39, 0.29) is 32.9 Å². The maximum atomic E-state index is 15.4. The average Bonchev–Trinajstić information content (AvgIpc) is 3.35. The zero-order valence-corrected chi connectivity index (χ0v) is 20.9. The lowest BCUT2D eigenvalue weighted by Gasteiger charge is -2.10. The van der Waals surface area contributed by atoms with Gasteiger partial charge in [0.25, 0.3) is 21.5 Å². The quantitative estimate of drug-likeness (QED) is 0.357. The Hall–Kier alpha value is -3.55. The van der Waals surface area contributed by atoms with Crippen LogP contribution >= 0.6 is 11.3 Å². The number of aromatic nitrogens is 3. The third kappa shape index (κ3) is 4.45. The number of primary sulfonamides is 1. The molecule has 0 aliphatic rings. The summed E-state index contributed by atoms with van der Waals surface area (Å²) in [6, 6.07) is 3.23. The minimum Gasteiger partial charge on any atom is -0.434 e. The summed E-state index contributed by atoms with van der Waals surface area (Å²) < 4.78 is 46.0. The van der Waals surface area contributed by atoms with Crippen molar-refractivity contribution < 1.29 is 22.3 Å². The zero-order valence-electron chi connectivity index (χ0n) is 19.2. The maximum absolute atomic E-state index is 15.4. The number of ether oxygens (including phenoxy) is 1. The van der Waals surface area contributed by atoms with Crippen molar-refractivity contribution in [1.82, 2.24) is 19.9 Å². The van der Waals surface area contributed by atoms with Crippen molar-refractivity contribution in [3.63, 3.8) is 0 Å². The molecule has 0 fully saturated rings. The fourth-order valence-electron chi connectivity index (χ4n) is 3.63. The van der Waals surface area contributed by atoms with Gasteiger partial charge in [0.1, 0.15) is 11.2 Å². The minimum atomic E-state index is -4.44. The molecular weight excluding hydrogens is 497 g/mol. The molecule has 10 nitrogen and oxygen atoms in total. The first-order valence-corrected chi connectivity index (χ1v) is 12.8. The Kier molecular flexibility index (Phi) is 6.25. The molecule has 0 spiro atoms. The number of rotatable bonds is 6. The molecule has 0 aliphatic heterocycles. The van der Waals surface area contributed by atoms with Gasteiger partial charge in [-0.05, 0) is 38.5 Å². The molecule has 0 saturated heterocycles. The molecule has 4 aromatic rings. The zero-order chi connectivity index (χ0) is 25.7.